The second-order valence-electron chi connectivity index (χ2n) is 10.5. The molecule has 2 aliphatic heterocycles. The molecule has 1 saturated heterocycles. The average Bonchev–Trinajstić information content (AvgIpc) is 3.24. The number of nitrogens with zero attached hydrogens (tertiary/aromatic N) is 3. The van der Waals surface area contributed by atoms with E-state index in [0.717, 1.165) is 65.6 Å². The van der Waals surface area contributed by atoms with Gasteiger partial charge in [0.2, 0.25) is 0 Å². The van der Waals surface area contributed by atoms with Crippen LogP contribution in [-0.4, -0.2) is 48.1 Å². The van der Waals surface area contributed by atoms with E-state index in [-0.39, 0.29) is 30.1 Å². The lowest BCUT2D eigenvalue weighted by Crippen LogP contribution is -2.43. The summed E-state index contributed by atoms with van der Waals surface area (Å²) in [4.78, 5) is 36.0. The van der Waals surface area contributed by atoms with Crippen molar-refractivity contribution >= 4 is 17.4 Å². The van der Waals surface area contributed by atoms with Gasteiger partial charge in [0.1, 0.15) is 5.82 Å². The molecule has 1 amide bonds. The van der Waals surface area contributed by atoms with Crippen LogP contribution in [0.4, 0.5) is 11.5 Å². The van der Waals surface area contributed by atoms with Gasteiger partial charge in [-0.15, -0.1) is 0 Å². The molecule has 0 aliphatic carbocycles. The molecule has 9 nitrogen and oxygen atoms in total. The van der Waals surface area contributed by atoms with Crippen molar-refractivity contribution in [3.05, 3.63) is 74.8 Å². The van der Waals surface area contributed by atoms with Crippen LogP contribution in [0.25, 0.3) is 11.1 Å². The molecule has 0 saturated carbocycles. The molecule has 0 bridgehead atoms. The maximum atomic E-state index is 13.6. The topological polar surface area (TPSA) is 105 Å². The smallest absolute Gasteiger partial charge is 0.253 e. The van der Waals surface area contributed by atoms with Gasteiger partial charge in [0.05, 0.1) is 11.7 Å². The number of aryl methyl sites for hydroxylation is 2. The Balaban J connectivity index is 1.49. The van der Waals surface area contributed by atoms with Gasteiger partial charge in [-0.05, 0) is 76.1 Å². The highest BCUT2D eigenvalue weighted by Crippen LogP contribution is 2.40. The zero-order valence-electron chi connectivity index (χ0n) is 22.8. The fraction of sp³-hybridized carbons (Fsp3) is 0.414. The van der Waals surface area contributed by atoms with Gasteiger partial charge in [-0.2, -0.15) is 0 Å². The largest absolute Gasteiger partial charge is 0.354 e. The molecule has 5 rings (SSSR count). The minimum atomic E-state index is -0.202. The average molecular weight is 516 g/mol. The van der Waals surface area contributed by atoms with Gasteiger partial charge in [0.25, 0.3) is 11.5 Å². The Bertz CT molecular complexity index is 1390. The van der Waals surface area contributed by atoms with Gasteiger partial charge in [-0.1, -0.05) is 0 Å². The minimum Gasteiger partial charge on any atom is -0.354 e. The van der Waals surface area contributed by atoms with E-state index < -0.39 is 0 Å². The summed E-state index contributed by atoms with van der Waals surface area (Å²) in [5.41, 5.74) is 10.0. The van der Waals surface area contributed by atoms with E-state index in [0.29, 0.717) is 11.1 Å². The summed E-state index contributed by atoms with van der Waals surface area (Å²) >= 11 is 0. The van der Waals surface area contributed by atoms with E-state index in [1.165, 1.54) is 0 Å². The molecular formula is C29H37N7O2. The highest BCUT2D eigenvalue weighted by atomic mass is 16.2. The number of hydrazine groups is 1. The molecule has 0 radical (unpaired) electrons. The third-order valence-corrected chi connectivity index (χ3v) is 7.39. The number of nitrogens with one attached hydrogen (secondary N) is 4. The van der Waals surface area contributed by atoms with Crippen molar-refractivity contribution in [3.63, 3.8) is 0 Å². The third kappa shape index (κ3) is 5.04. The number of H-pyrrole nitrogens is 1. The lowest BCUT2D eigenvalue weighted by molar-refractivity contribution is 0.0949. The van der Waals surface area contributed by atoms with Crippen LogP contribution < -0.4 is 31.5 Å². The number of anilines is 2. The minimum absolute atomic E-state index is 0.0278. The fourth-order valence-electron chi connectivity index (χ4n) is 5.42. The first-order valence-corrected chi connectivity index (χ1v) is 13.4. The van der Waals surface area contributed by atoms with Crippen LogP contribution in [0.15, 0.2) is 41.3 Å². The number of rotatable bonds is 6. The van der Waals surface area contributed by atoms with Crippen LogP contribution in [0.2, 0.25) is 0 Å². The molecule has 2 aromatic heterocycles. The number of hydrogen-bond acceptors (Lipinski definition) is 7. The zero-order valence-corrected chi connectivity index (χ0v) is 22.8. The number of aromatic nitrogens is 2. The first-order valence-electron chi connectivity index (χ1n) is 13.4. The Labute approximate surface area is 223 Å². The molecule has 1 unspecified atom stereocenters. The fourth-order valence-corrected chi connectivity index (χ4v) is 5.42. The van der Waals surface area contributed by atoms with Crippen molar-refractivity contribution in [1.82, 2.24) is 26.0 Å². The monoisotopic (exact) mass is 515 g/mol. The van der Waals surface area contributed by atoms with Gasteiger partial charge in [-0.25, -0.2) is 10.4 Å². The first-order chi connectivity index (χ1) is 18.2. The maximum Gasteiger partial charge on any atom is 0.253 e. The van der Waals surface area contributed by atoms with E-state index in [9.17, 15) is 9.59 Å². The van der Waals surface area contributed by atoms with Gasteiger partial charge in [-0.3, -0.25) is 9.59 Å². The molecule has 2 aliphatic rings. The van der Waals surface area contributed by atoms with Crippen LogP contribution in [0.1, 0.15) is 59.6 Å². The number of benzene rings is 1. The number of hydrogen-bond donors (Lipinski definition) is 4. The number of amides is 1. The normalized spacial score (nSPS) is 17.2. The predicted octanol–water partition coefficient (Wildman–Crippen LogP) is 3.19. The number of aromatic amines is 1. The molecule has 1 aromatic carbocycles. The molecule has 1 fully saturated rings. The van der Waals surface area contributed by atoms with Gasteiger partial charge in [0.15, 0.2) is 0 Å². The van der Waals surface area contributed by atoms with E-state index in [1.54, 1.807) is 0 Å². The molecular weight excluding hydrogens is 478 g/mol. The summed E-state index contributed by atoms with van der Waals surface area (Å²) in [5.74, 6) is 0.763. The molecule has 4 N–H and O–H groups in total. The standard InChI is InChI=1S/C29H37N7O2/c1-17(2)36-25-14-22(21-6-7-26(31-15-21)35-10-8-30-9-11-35)13-23(27(25)20(5)34-36)28(37)32-16-24-18(3)12-19(4)33-29(24)38/h6-7,12-15,17,20,30,34H,8-11,16H2,1-5H3,(H,32,37)(H,33,38). The van der Waals surface area contributed by atoms with Gasteiger partial charge >= 0.3 is 0 Å². The molecule has 0 spiro atoms. The van der Waals surface area contributed by atoms with Crippen molar-refractivity contribution in [3.8, 4) is 11.1 Å². The van der Waals surface area contributed by atoms with Gasteiger partial charge < -0.3 is 25.5 Å². The SMILES string of the molecule is Cc1cc(C)c(CNC(=O)c2cc(-c3ccc(N4CCNCC4)nc3)cc3c2C(C)NN3C(C)C)c(=O)[nH]1. The number of pyridine rings is 2. The summed E-state index contributed by atoms with van der Waals surface area (Å²) in [6, 6.07) is 10.3. The van der Waals surface area contributed by atoms with Crippen molar-refractivity contribution in [2.24, 2.45) is 0 Å². The summed E-state index contributed by atoms with van der Waals surface area (Å²) in [5, 5.41) is 8.50. The van der Waals surface area contributed by atoms with Crippen molar-refractivity contribution in [2.75, 3.05) is 36.1 Å². The third-order valence-electron chi connectivity index (χ3n) is 7.39. The molecule has 200 valence electrons. The molecule has 38 heavy (non-hydrogen) atoms. The van der Waals surface area contributed by atoms with Crippen LogP contribution in [0.5, 0.6) is 0 Å². The summed E-state index contributed by atoms with van der Waals surface area (Å²) in [6.45, 7) is 14.0. The first kappa shape index (κ1) is 25.9. The van der Waals surface area contributed by atoms with Crippen molar-refractivity contribution in [2.45, 2.75) is 53.2 Å². The zero-order chi connectivity index (χ0) is 27.0. The quantitative estimate of drug-likeness (QED) is 0.400. The van der Waals surface area contributed by atoms with E-state index >= 15 is 0 Å². The lowest BCUT2D eigenvalue weighted by Gasteiger charge is -2.28. The molecule has 9 heteroatoms. The molecule has 3 aromatic rings. The number of piperazine rings is 1. The van der Waals surface area contributed by atoms with Crippen molar-refractivity contribution in [1.29, 1.82) is 0 Å². The van der Waals surface area contributed by atoms with Crippen LogP contribution >= 0.6 is 0 Å². The number of fused-ring (bicyclic) bond motifs is 1. The summed E-state index contributed by atoms with van der Waals surface area (Å²) < 4.78 is 0. The second kappa shape index (κ2) is 10.6. The number of carbonyl (C=O) groups is 1. The Kier molecular flexibility index (Phi) is 7.23. The Morgan fingerprint density at radius 3 is 2.55 bits per heavy atom. The summed E-state index contributed by atoms with van der Waals surface area (Å²) in [7, 11) is 0. The second-order valence-corrected chi connectivity index (χ2v) is 10.5. The highest BCUT2D eigenvalue weighted by molar-refractivity contribution is 5.99. The maximum absolute atomic E-state index is 13.6. The van der Waals surface area contributed by atoms with Gasteiger partial charge in [0, 0.05) is 72.9 Å². The van der Waals surface area contributed by atoms with Crippen LogP contribution in [0.3, 0.4) is 0 Å². The van der Waals surface area contributed by atoms with E-state index in [2.05, 4.69) is 69.9 Å². The van der Waals surface area contributed by atoms with Crippen LogP contribution in [-0.2, 0) is 6.54 Å². The lowest BCUT2D eigenvalue weighted by atomic mass is 9.94. The molecule has 1 atom stereocenters. The Morgan fingerprint density at radius 2 is 1.89 bits per heavy atom. The highest BCUT2D eigenvalue weighted by Gasteiger charge is 2.32. The van der Waals surface area contributed by atoms with E-state index in [1.807, 2.05) is 32.2 Å². The van der Waals surface area contributed by atoms with E-state index in [4.69, 9.17) is 4.98 Å². The van der Waals surface area contributed by atoms with Crippen molar-refractivity contribution < 1.29 is 4.79 Å². The summed E-state index contributed by atoms with van der Waals surface area (Å²) in [6.07, 6.45) is 1.89. The Morgan fingerprint density at radius 1 is 1.13 bits per heavy atom. The number of carbonyl (C=O) groups excluding carboxylic acids is 1. The van der Waals surface area contributed by atoms with Crippen LogP contribution in [0, 0.1) is 13.8 Å². The predicted molar refractivity (Wildman–Crippen MR) is 152 cm³/mol. The molecule has 4 heterocycles. The Hall–Kier alpha value is -3.69.